The fraction of sp³-hybridized carbons (Fsp3) is 0.632. The van der Waals surface area contributed by atoms with Crippen LogP contribution in [0, 0.1) is 0 Å². The van der Waals surface area contributed by atoms with Crippen LogP contribution >= 0.6 is 24.0 Å². The molecule has 0 fully saturated rings. The van der Waals surface area contributed by atoms with Gasteiger partial charge in [0.05, 0.1) is 13.2 Å². The molecular formula is C19H32F3IN4O. The molecule has 0 atom stereocenters. The molecular weight excluding hydrogens is 484 g/mol. The van der Waals surface area contributed by atoms with E-state index < -0.39 is 12.8 Å². The minimum atomic E-state index is -4.30. The highest BCUT2D eigenvalue weighted by molar-refractivity contribution is 14.0. The predicted molar refractivity (Wildman–Crippen MR) is 118 cm³/mol. The van der Waals surface area contributed by atoms with E-state index in [0.717, 1.165) is 24.6 Å². The van der Waals surface area contributed by atoms with Gasteiger partial charge in [-0.05, 0) is 46.0 Å². The van der Waals surface area contributed by atoms with Crippen LogP contribution < -0.4 is 10.6 Å². The molecule has 0 aromatic heterocycles. The van der Waals surface area contributed by atoms with E-state index >= 15 is 0 Å². The van der Waals surface area contributed by atoms with Crippen LogP contribution in [0.1, 0.15) is 31.9 Å². The van der Waals surface area contributed by atoms with Crippen LogP contribution in [0.15, 0.2) is 29.3 Å². The number of aliphatic imine (C=N–C) groups is 1. The van der Waals surface area contributed by atoms with Crippen molar-refractivity contribution in [1.29, 1.82) is 0 Å². The highest BCUT2D eigenvalue weighted by Gasteiger charge is 2.27. The molecule has 0 saturated carbocycles. The van der Waals surface area contributed by atoms with Crippen LogP contribution in [-0.4, -0.2) is 56.4 Å². The van der Waals surface area contributed by atoms with Crippen LogP contribution in [-0.2, 0) is 17.9 Å². The first kappa shape index (κ1) is 26.9. The number of halogens is 4. The molecule has 0 unspecified atom stereocenters. The van der Waals surface area contributed by atoms with Crippen molar-refractivity contribution >= 4 is 29.9 Å². The molecule has 2 N–H and O–H groups in total. The number of likely N-dealkylation sites (N-methyl/N-ethyl adjacent to an activating group) is 1. The summed E-state index contributed by atoms with van der Waals surface area (Å²) >= 11 is 0. The fourth-order valence-electron chi connectivity index (χ4n) is 2.00. The lowest BCUT2D eigenvalue weighted by Gasteiger charge is -2.33. The molecule has 0 spiro atoms. The number of hydrogen-bond donors (Lipinski definition) is 2. The molecule has 1 aromatic carbocycles. The Hall–Kier alpha value is -1.07. The lowest BCUT2D eigenvalue weighted by Crippen LogP contribution is -2.50. The first-order valence-corrected chi connectivity index (χ1v) is 8.95. The Balaban J connectivity index is 0.00000729. The summed E-state index contributed by atoms with van der Waals surface area (Å²) in [6.45, 7) is 6.95. The second kappa shape index (κ2) is 12.5. The third-order valence-electron chi connectivity index (χ3n) is 4.22. The molecule has 0 aliphatic rings. The third-order valence-corrected chi connectivity index (χ3v) is 4.22. The van der Waals surface area contributed by atoms with E-state index in [1.54, 1.807) is 12.1 Å². The maximum atomic E-state index is 12.1. The van der Waals surface area contributed by atoms with Gasteiger partial charge in [-0.2, -0.15) is 13.2 Å². The average Bonchev–Trinajstić information content (AvgIpc) is 2.57. The van der Waals surface area contributed by atoms with Crippen LogP contribution in [0.4, 0.5) is 13.2 Å². The Bertz CT molecular complexity index is 590. The van der Waals surface area contributed by atoms with E-state index in [0.29, 0.717) is 12.1 Å². The molecule has 0 bridgehead atoms. The van der Waals surface area contributed by atoms with Crippen molar-refractivity contribution in [2.75, 3.05) is 33.8 Å². The molecule has 1 rings (SSSR count). The number of nitrogens with zero attached hydrogens (tertiary/aromatic N) is 2. The van der Waals surface area contributed by atoms with E-state index in [4.69, 9.17) is 0 Å². The standard InChI is InChI=1S/C19H31F3N4O.HI/c1-6-23-17(25-13-18(2,3)26(4)5)24-11-15-7-9-16(10-8-15)12-27-14-19(20,21)22;/h7-10H,6,11-14H2,1-5H3,(H2,23,24,25);1H. The number of alkyl halides is 3. The molecule has 0 aliphatic heterocycles. The van der Waals surface area contributed by atoms with Crippen molar-refractivity contribution in [3.05, 3.63) is 35.4 Å². The van der Waals surface area contributed by atoms with Gasteiger partial charge in [0, 0.05) is 18.6 Å². The number of rotatable bonds is 9. The molecule has 28 heavy (non-hydrogen) atoms. The summed E-state index contributed by atoms with van der Waals surface area (Å²) in [6, 6.07) is 7.22. The third kappa shape index (κ3) is 11.1. The highest BCUT2D eigenvalue weighted by Crippen LogP contribution is 2.16. The van der Waals surface area contributed by atoms with Crippen molar-refractivity contribution < 1.29 is 17.9 Å². The first-order valence-electron chi connectivity index (χ1n) is 8.95. The summed E-state index contributed by atoms with van der Waals surface area (Å²) in [6.07, 6.45) is -4.30. The van der Waals surface area contributed by atoms with Crippen LogP contribution in [0.5, 0.6) is 0 Å². The van der Waals surface area contributed by atoms with E-state index in [1.807, 2.05) is 33.2 Å². The molecule has 0 aliphatic carbocycles. The molecule has 9 heteroatoms. The Morgan fingerprint density at radius 1 is 1.07 bits per heavy atom. The van der Waals surface area contributed by atoms with Crippen LogP contribution in [0.2, 0.25) is 0 Å². The van der Waals surface area contributed by atoms with Gasteiger partial charge in [-0.3, -0.25) is 0 Å². The number of ether oxygens (including phenoxy) is 1. The van der Waals surface area contributed by atoms with E-state index in [9.17, 15) is 13.2 Å². The smallest absolute Gasteiger partial charge is 0.367 e. The number of guanidine groups is 1. The Morgan fingerprint density at radius 3 is 2.14 bits per heavy atom. The van der Waals surface area contributed by atoms with Crippen molar-refractivity contribution in [2.45, 2.75) is 45.6 Å². The minimum absolute atomic E-state index is 0. The van der Waals surface area contributed by atoms with Crippen molar-refractivity contribution in [3.63, 3.8) is 0 Å². The van der Waals surface area contributed by atoms with E-state index in [2.05, 4.69) is 39.1 Å². The molecule has 1 aromatic rings. The maximum absolute atomic E-state index is 12.1. The van der Waals surface area contributed by atoms with Gasteiger partial charge in [0.1, 0.15) is 6.61 Å². The van der Waals surface area contributed by atoms with Crippen molar-refractivity contribution in [1.82, 2.24) is 15.5 Å². The second-order valence-corrected chi connectivity index (χ2v) is 7.18. The first-order chi connectivity index (χ1) is 12.5. The van der Waals surface area contributed by atoms with Gasteiger partial charge in [-0.1, -0.05) is 24.3 Å². The topological polar surface area (TPSA) is 48.9 Å². The normalized spacial score (nSPS) is 12.7. The SMILES string of the molecule is CCNC(=NCc1ccc(COCC(F)(F)F)cc1)NCC(C)(C)N(C)C.I. The van der Waals surface area contributed by atoms with E-state index in [1.165, 1.54) is 0 Å². The second-order valence-electron chi connectivity index (χ2n) is 7.18. The minimum Gasteiger partial charge on any atom is -0.367 e. The lowest BCUT2D eigenvalue weighted by atomic mass is 10.0. The Kier molecular flexibility index (Phi) is 12.0. The molecule has 5 nitrogen and oxygen atoms in total. The van der Waals surface area contributed by atoms with Gasteiger partial charge in [0.15, 0.2) is 5.96 Å². The Morgan fingerprint density at radius 2 is 1.64 bits per heavy atom. The fourth-order valence-corrected chi connectivity index (χ4v) is 2.00. The summed E-state index contributed by atoms with van der Waals surface area (Å²) in [5.41, 5.74) is 1.65. The van der Waals surface area contributed by atoms with Gasteiger partial charge in [-0.15, -0.1) is 24.0 Å². The number of benzene rings is 1. The molecule has 0 saturated heterocycles. The number of hydrogen-bond acceptors (Lipinski definition) is 3. The van der Waals surface area contributed by atoms with Crippen molar-refractivity contribution in [2.24, 2.45) is 4.99 Å². The predicted octanol–water partition coefficient (Wildman–Crippen LogP) is 3.78. The summed E-state index contributed by atoms with van der Waals surface area (Å²) < 4.78 is 40.9. The van der Waals surface area contributed by atoms with Crippen LogP contribution in [0.3, 0.4) is 0 Å². The summed E-state index contributed by atoms with van der Waals surface area (Å²) in [4.78, 5) is 6.71. The van der Waals surface area contributed by atoms with Gasteiger partial charge in [0.2, 0.25) is 0 Å². The van der Waals surface area contributed by atoms with Crippen LogP contribution in [0.25, 0.3) is 0 Å². The van der Waals surface area contributed by atoms with E-state index in [-0.39, 0.29) is 36.1 Å². The largest absolute Gasteiger partial charge is 0.411 e. The number of nitrogens with one attached hydrogen (secondary N) is 2. The zero-order chi connectivity index (χ0) is 20.5. The van der Waals surface area contributed by atoms with Gasteiger partial charge in [-0.25, -0.2) is 4.99 Å². The molecule has 0 heterocycles. The maximum Gasteiger partial charge on any atom is 0.411 e. The average molecular weight is 516 g/mol. The van der Waals surface area contributed by atoms with Gasteiger partial charge < -0.3 is 20.3 Å². The van der Waals surface area contributed by atoms with Gasteiger partial charge in [0.25, 0.3) is 0 Å². The monoisotopic (exact) mass is 516 g/mol. The zero-order valence-corrected chi connectivity index (χ0v) is 19.5. The summed E-state index contributed by atoms with van der Waals surface area (Å²) in [5, 5.41) is 6.55. The Labute approximate surface area is 183 Å². The molecule has 162 valence electrons. The van der Waals surface area contributed by atoms with Gasteiger partial charge >= 0.3 is 6.18 Å². The quantitative estimate of drug-likeness (QED) is 0.298. The van der Waals surface area contributed by atoms with Crippen molar-refractivity contribution in [3.8, 4) is 0 Å². The summed E-state index contributed by atoms with van der Waals surface area (Å²) in [5.74, 6) is 0.727. The molecule has 0 amide bonds. The highest BCUT2D eigenvalue weighted by atomic mass is 127. The zero-order valence-electron chi connectivity index (χ0n) is 17.2. The molecule has 0 radical (unpaired) electrons. The lowest BCUT2D eigenvalue weighted by molar-refractivity contribution is -0.176. The summed E-state index contributed by atoms with van der Waals surface area (Å²) in [7, 11) is 4.07.